The SMILES string of the molecule is C/C=C/C=C/CCC(O)CC(=O)OC(C)(C)C. The molecule has 0 aromatic carbocycles. The highest BCUT2D eigenvalue weighted by Gasteiger charge is 2.18. The topological polar surface area (TPSA) is 46.5 Å². The quantitative estimate of drug-likeness (QED) is 0.573. The minimum absolute atomic E-state index is 0.0642. The lowest BCUT2D eigenvalue weighted by molar-refractivity contribution is -0.157. The third kappa shape index (κ3) is 11.2. The molecule has 1 unspecified atom stereocenters. The largest absolute Gasteiger partial charge is 0.460 e. The highest BCUT2D eigenvalue weighted by atomic mass is 16.6. The normalized spacial score (nSPS) is 14.4. The van der Waals surface area contributed by atoms with Gasteiger partial charge in [0, 0.05) is 0 Å². The summed E-state index contributed by atoms with van der Waals surface area (Å²) in [5, 5.41) is 9.62. The van der Waals surface area contributed by atoms with Gasteiger partial charge in [-0.25, -0.2) is 0 Å². The van der Waals surface area contributed by atoms with Crippen LogP contribution in [0.3, 0.4) is 0 Å². The second-order valence-corrected chi connectivity index (χ2v) is 4.98. The van der Waals surface area contributed by atoms with Gasteiger partial charge in [0.25, 0.3) is 0 Å². The predicted molar refractivity (Wildman–Crippen MR) is 69.7 cm³/mol. The van der Waals surface area contributed by atoms with Gasteiger partial charge in [0.15, 0.2) is 0 Å². The van der Waals surface area contributed by atoms with Crippen LogP contribution in [0.5, 0.6) is 0 Å². The zero-order valence-electron chi connectivity index (χ0n) is 11.3. The van der Waals surface area contributed by atoms with E-state index in [2.05, 4.69) is 0 Å². The molecule has 0 aliphatic heterocycles. The van der Waals surface area contributed by atoms with Gasteiger partial charge in [-0.2, -0.15) is 0 Å². The van der Waals surface area contributed by atoms with E-state index in [-0.39, 0.29) is 12.4 Å². The maximum atomic E-state index is 11.4. The van der Waals surface area contributed by atoms with Crippen molar-refractivity contribution < 1.29 is 14.6 Å². The second kappa shape index (κ2) is 8.07. The standard InChI is InChI=1S/C14H24O3/c1-5-6-7-8-9-10-12(15)11-13(16)17-14(2,3)4/h5-8,12,15H,9-11H2,1-4H3/b6-5+,8-7+. The zero-order chi connectivity index (χ0) is 13.3. The van der Waals surface area contributed by atoms with E-state index in [0.29, 0.717) is 6.42 Å². The maximum Gasteiger partial charge on any atom is 0.308 e. The number of aliphatic hydroxyl groups is 1. The van der Waals surface area contributed by atoms with Crippen molar-refractivity contribution in [2.24, 2.45) is 0 Å². The summed E-state index contributed by atoms with van der Waals surface area (Å²) in [6.07, 6.45) is 8.54. The summed E-state index contributed by atoms with van der Waals surface area (Å²) < 4.78 is 5.13. The summed E-state index contributed by atoms with van der Waals surface area (Å²) in [5.74, 6) is -0.345. The summed E-state index contributed by atoms with van der Waals surface area (Å²) in [5.41, 5.74) is -0.484. The van der Waals surface area contributed by atoms with Crippen molar-refractivity contribution in [2.45, 2.75) is 58.7 Å². The van der Waals surface area contributed by atoms with Crippen LogP contribution in [-0.4, -0.2) is 22.8 Å². The molecule has 17 heavy (non-hydrogen) atoms. The number of ether oxygens (including phenoxy) is 1. The molecule has 0 aromatic heterocycles. The Balaban J connectivity index is 3.79. The van der Waals surface area contributed by atoms with Crippen molar-refractivity contribution in [3.8, 4) is 0 Å². The molecule has 0 saturated heterocycles. The van der Waals surface area contributed by atoms with Crippen LogP contribution in [-0.2, 0) is 9.53 Å². The first-order valence-corrected chi connectivity index (χ1v) is 6.03. The number of hydrogen-bond donors (Lipinski definition) is 1. The Bertz CT molecular complexity index is 272. The zero-order valence-corrected chi connectivity index (χ0v) is 11.3. The molecule has 0 aliphatic rings. The highest BCUT2D eigenvalue weighted by Crippen LogP contribution is 2.11. The summed E-state index contributed by atoms with van der Waals surface area (Å²) in [6, 6.07) is 0. The van der Waals surface area contributed by atoms with E-state index in [0.717, 1.165) is 6.42 Å². The first-order chi connectivity index (χ1) is 7.85. The lowest BCUT2D eigenvalue weighted by atomic mass is 10.1. The molecule has 0 radical (unpaired) electrons. The van der Waals surface area contributed by atoms with Crippen molar-refractivity contribution in [1.29, 1.82) is 0 Å². The molecule has 0 rings (SSSR count). The van der Waals surface area contributed by atoms with Crippen molar-refractivity contribution in [3.05, 3.63) is 24.3 Å². The minimum Gasteiger partial charge on any atom is -0.460 e. The van der Waals surface area contributed by atoms with Crippen LogP contribution < -0.4 is 0 Å². The number of hydrogen-bond acceptors (Lipinski definition) is 3. The van der Waals surface area contributed by atoms with Gasteiger partial charge in [0.05, 0.1) is 12.5 Å². The molecular formula is C14H24O3. The lowest BCUT2D eigenvalue weighted by Gasteiger charge is -2.20. The van der Waals surface area contributed by atoms with Crippen LogP contribution in [0.2, 0.25) is 0 Å². The Morgan fingerprint density at radius 1 is 1.35 bits per heavy atom. The van der Waals surface area contributed by atoms with Crippen molar-refractivity contribution in [2.75, 3.05) is 0 Å². The second-order valence-electron chi connectivity index (χ2n) is 4.98. The van der Waals surface area contributed by atoms with Gasteiger partial charge >= 0.3 is 5.97 Å². The van der Waals surface area contributed by atoms with Crippen molar-refractivity contribution >= 4 is 5.97 Å². The van der Waals surface area contributed by atoms with E-state index in [9.17, 15) is 9.90 Å². The van der Waals surface area contributed by atoms with Crippen LogP contribution in [0.15, 0.2) is 24.3 Å². The van der Waals surface area contributed by atoms with Crippen LogP contribution >= 0.6 is 0 Å². The van der Waals surface area contributed by atoms with Crippen LogP contribution in [0.25, 0.3) is 0 Å². The van der Waals surface area contributed by atoms with Crippen molar-refractivity contribution in [1.82, 2.24) is 0 Å². The Morgan fingerprint density at radius 2 is 2.00 bits per heavy atom. The van der Waals surface area contributed by atoms with Gasteiger partial charge < -0.3 is 9.84 Å². The number of rotatable bonds is 6. The fourth-order valence-corrected chi connectivity index (χ4v) is 1.25. The Hall–Kier alpha value is -1.09. The van der Waals surface area contributed by atoms with E-state index in [1.54, 1.807) is 0 Å². The van der Waals surface area contributed by atoms with E-state index in [1.165, 1.54) is 0 Å². The highest BCUT2D eigenvalue weighted by molar-refractivity contribution is 5.70. The van der Waals surface area contributed by atoms with E-state index < -0.39 is 11.7 Å². The average molecular weight is 240 g/mol. The third-order valence-corrected chi connectivity index (χ3v) is 1.93. The Labute approximate surface area is 104 Å². The van der Waals surface area contributed by atoms with Gasteiger partial charge in [-0.15, -0.1) is 0 Å². The Morgan fingerprint density at radius 3 is 2.53 bits per heavy atom. The summed E-state index contributed by atoms with van der Waals surface area (Å²) in [4.78, 5) is 11.4. The van der Waals surface area contributed by atoms with Crippen LogP contribution in [0, 0.1) is 0 Å². The third-order valence-electron chi connectivity index (χ3n) is 1.93. The molecule has 0 aliphatic carbocycles. The number of aliphatic hydroxyl groups excluding tert-OH is 1. The van der Waals surface area contributed by atoms with Crippen molar-refractivity contribution in [3.63, 3.8) is 0 Å². The van der Waals surface area contributed by atoms with Gasteiger partial charge in [0.1, 0.15) is 5.60 Å². The monoisotopic (exact) mass is 240 g/mol. The molecule has 3 heteroatoms. The maximum absolute atomic E-state index is 11.4. The molecule has 0 aromatic rings. The molecule has 1 N–H and O–H groups in total. The Kier molecular flexibility index (Phi) is 7.55. The van der Waals surface area contributed by atoms with Gasteiger partial charge in [0.2, 0.25) is 0 Å². The minimum atomic E-state index is -0.625. The van der Waals surface area contributed by atoms with E-state index in [4.69, 9.17) is 4.74 Å². The molecule has 0 spiro atoms. The molecule has 98 valence electrons. The fraction of sp³-hybridized carbons (Fsp3) is 0.643. The average Bonchev–Trinajstić information content (AvgIpc) is 2.14. The molecule has 0 saturated carbocycles. The molecule has 1 atom stereocenters. The fourth-order valence-electron chi connectivity index (χ4n) is 1.25. The number of carbonyl (C=O) groups is 1. The molecule has 0 heterocycles. The molecule has 3 nitrogen and oxygen atoms in total. The summed E-state index contributed by atoms with van der Waals surface area (Å²) in [7, 11) is 0. The van der Waals surface area contributed by atoms with Gasteiger partial charge in [-0.1, -0.05) is 24.3 Å². The molecule has 0 fully saturated rings. The predicted octanol–water partition coefficient (Wildman–Crippen LogP) is 2.99. The summed E-state index contributed by atoms with van der Waals surface area (Å²) in [6.45, 7) is 7.40. The smallest absolute Gasteiger partial charge is 0.308 e. The lowest BCUT2D eigenvalue weighted by Crippen LogP contribution is -2.26. The summed E-state index contributed by atoms with van der Waals surface area (Å²) >= 11 is 0. The molecular weight excluding hydrogens is 216 g/mol. The first-order valence-electron chi connectivity index (χ1n) is 6.03. The van der Waals surface area contributed by atoms with Crippen LogP contribution in [0.4, 0.5) is 0 Å². The first kappa shape index (κ1) is 15.9. The van der Waals surface area contributed by atoms with Gasteiger partial charge in [-0.3, -0.25) is 4.79 Å². The van der Waals surface area contributed by atoms with E-state index in [1.807, 2.05) is 52.0 Å². The number of esters is 1. The van der Waals surface area contributed by atoms with Crippen LogP contribution in [0.1, 0.15) is 47.0 Å². The number of allylic oxidation sites excluding steroid dienone is 4. The van der Waals surface area contributed by atoms with Gasteiger partial charge in [-0.05, 0) is 40.5 Å². The number of carbonyl (C=O) groups excluding carboxylic acids is 1. The molecule has 0 bridgehead atoms. The molecule has 0 amide bonds. The van der Waals surface area contributed by atoms with E-state index >= 15 is 0 Å².